The van der Waals surface area contributed by atoms with Crippen LogP contribution in [0.1, 0.15) is 20.7 Å². The number of esters is 1. The Kier molecular flexibility index (Phi) is 15.2. The van der Waals surface area contributed by atoms with Crippen LogP contribution in [0.5, 0.6) is 23.0 Å². The number of hydrogen-bond donors (Lipinski definition) is 0. The lowest BCUT2D eigenvalue weighted by molar-refractivity contribution is -0.0505. The molecule has 0 unspecified atom stereocenters. The third kappa shape index (κ3) is 12.8. The maximum atomic E-state index is 12.2. The first kappa shape index (κ1) is 47.7. The molecule has 0 saturated carbocycles. The fraction of sp³-hybridized carbons (Fsp3) is 0.226. The summed E-state index contributed by atoms with van der Waals surface area (Å²) in [6, 6.07) is 17.8. The van der Waals surface area contributed by atoms with Crippen molar-refractivity contribution in [3.8, 4) is 23.0 Å². The van der Waals surface area contributed by atoms with E-state index in [1.165, 1.54) is 49.3 Å². The Morgan fingerprint density at radius 1 is 0.544 bits per heavy atom. The zero-order chi connectivity index (χ0) is 43.8. The van der Waals surface area contributed by atoms with Gasteiger partial charge in [0.05, 0.1) is 19.8 Å². The van der Waals surface area contributed by atoms with Crippen LogP contribution >= 0.6 is 0 Å². The number of carbonyl (C=O) groups excluding carboxylic acids is 2. The van der Waals surface area contributed by atoms with E-state index in [2.05, 4.69) is 22.0 Å². The number of halogens is 9. The van der Waals surface area contributed by atoms with Gasteiger partial charge in [0.25, 0.3) is 5.91 Å². The molecule has 0 fully saturated rings. The summed E-state index contributed by atoms with van der Waals surface area (Å²) in [5.74, 6) is -3.06. The van der Waals surface area contributed by atoms with Crippen molar-refractivity contribution in [3.63, 3.8) is 0 Å². The van der Waals surface area contributed by atoms with Gasteiger partial charge in [-0.05, 0) is 53.9 Å². The monoisotopic (exact) mass is 887 g/mol. The first-order valence-electron chi connectivity index (χ1n) is 14.6. The Morgan fingerprint density at radius 3 is 1.47 bits per heavy atom. The second-order valence-corrected chi connectivity index (χ2v) is 15.1. The average Bonchev–Trinajstić information content (AvgIpc) is 3.10. The molecule has 4 rings (SSSR count). The Bertz CT molecular complexity index is 2380. The molecule has 4 aromatic rings. The van der Waals surface area contributed by atoms with Gasteiger partial charge < -0.3 is 26.9 Å². The highest BCUT2D eigenvalue weighted by Gasteiger charge is 2.50. The van der Waals surface area contributed by atoms with Crippen LogP contribution in [0.15, 0.2) is 84.9 Å². The van der Waals surface area contributed by atoms with E-state index >= 15 is 0 Å². The Balaban J connectivity index is 0.000000295. The minimum absolute atomic E-state index is 0.0406. The summed E-state index contributed by atoms with van der Waals surface area (Å²) in [6.45, 7) is 0. The largest absolute Gasteiger partial charge is 0.534 e. The molecule has 0 aliphatic carbocycles. The van der Waals surface area contributed by atoms with Crippen molar-refractivity contribution in [2.24, 2.45) is 0 Å². The third-order valence-electron chi connectivity index (χ3n) is 6.30. The molecular weight excluding hydrogens is 862 g/mol. The van der Waals surface area contributed by atoms with Gasteiger partial charge >= 0.3 is 52.8 Å². The maximum absolute atomic E-state index is 12.2. The highest BCUT2D eigenvalue weighted by molar-refractivity contribution is 7.88. The van der Waals surface area contributed by atoms with Crippen LogP contribution in [0, 0.1) is 0 Å². The number of amides is 1. The zero-order valence-electron chi connectivity index (χ0n) is 29.0. The summed E-state index contributed by atoms with van der Waals surface area (Å²) < 4.78 is 195. The van der Waals surface area contributed by atoms with E-state index in [9.17, 15) is 74.4 Å². The van der Waals surface area contributed by atoms with Gasteiger partial charge in [-0.3, -0.25) is 4.79 Å². The van der Waals surface area contributed by atoms with E-state index in [0.29, 0.717) is 10.8 Å². The molecule has 0 saturated heterocycles. The van der Waals surface area contributed by atoms with Crippen LogP contribution in [-0.4, -0.2) is 86.9 Å². The minimum Gasteiger partial charge on any atom is -0.493 e. The fourth-order valence-corrected chi connectivity index (χ4v) is 5.07. The van der Waals surface area contributed by atoms with Crippen LogP contribution < -0.4 is 17.3 Å². The van der Waals surface area contributed by atoms with Crippen molar-refractivity contribution in [2.75, 3.05) is 28.3 Å². The molecular formula is C31H26F9NO13S3. The molecule has 1 amide bonds. The van der Waals surface area contributed by atoms with Crippen LogP contribution in [0.25, 0.3) is 10.8 Å². The van der Waals surface area contributed by atoms with Crippen molar-refractivity contribution in [1.82, 2.24) is 4.90 Å². The predicted octanol–water partition coefficient (Wildman–Crippen LogP) is 6.40. The van der Waals surface area contributed by atoms with Crippen LogP contribution in [0.4, 0.5) is 39.5 Å². The van der Waals surface area contributed by atoms with E-state index in [-0.39, 0.29) is 28.5 Å². The first-order chi connectivity index (χ1) is 26.0. The maximum Gasteiger partial charge on any atom is 0.534 e. The van der Waals surface area contributed by atoms with Gasteiger partial charge in [-0.1, -0.05) is 36.4 Å². The zero-order valence-corrected chi connectivity index (χ0v) is 31.4. The summed E-state index contributed by atoms with van der Waals surface area (Å²) in [7, 11) is -12.0. The van der Waals surface area contributed by atoms with E-state index in [1.54, 1.807) is 24.3 Å². The SMILES string of the molecule is CN(C)C(=O)c1ccc(OS(=O)(=O)C(F)(F)F)cc1.COC(=O)c1ccc(OS(=O)(=O)C(F)(F)F)c(OC)c1.O=S(=O)(Oc1cccc2ccccc12)C(F)(F)F. The van der Waals surface area contributed by atoms with Crippen molar-refractivity contribution in [1.29, 1.82) is 0 Å². The molecule has 0 bridgehead atoms. The molecule has 26 heteroatoms. The van der Waals surface area contributed by atoms with Gasteiger partial charge in [0.15, 0.2) is 17.2 Å². The number of alkyl halides is 9. The molecule has 4 aromatic carbocycles. The summed E-state index contributed by atoms with van der Waals surface area (Å²) >= 11 is 0. The van der Waals surface area contributed by atoms with Crippen LogP contribution in [-0.2, 0) is 35.1 Å². The number of carbonyl (C=O) groups is 2. The van der Waals surface area contributed by atoms with Crippen molar-refractivity contribution in [2.45, 2.75) is 16.5 Å². The summed E-state index contributed by atoms with van der Waals surface area (Å²) in [6.07, 6.45) is 0. The number of rotatable bonds is 9. The number of hydrogen-bond acceptors (Lipinski definition) is 13. The fourth-order valence-electron chi connectivity index (χ4n) is 3.67. The highest BCUT2D eigenvalue weighted by Crippen LogP contribution is 2.34. The second kappa shape index (κ2) is 18.2. The molecule has 0 aliphatic heterocycles. The lowest BCUT2D eigenvalue weighted by Gasteiger charge is -2.12. The van der Waals surface area contributed by atoms with Crippen molar-refractivity contribution >= 4 is 53.0 Å². The molecule has 0 N–H and O–H groups in total. The van der Waals surface area contributed by atoms with Gasteiger partial charge in [0.2, 0.25) is 0 Å². The molecule has 0 atom stereocenters. The molecule has 314 valence electrons. The van der Waals surface area contributed by atoms with Crippen LogP contribution in [0.3, 0.4) is 0 Å². The lowest BCUT2D eigenvalue weighted by atomic mass is 10.1. The summed E-state index contributed by atoms with van der Waals surface area (Å²) in [4.78, 5) is 24.0. The van der Waals surface area contributed by atoms with Gasteiger partial charge in [0, 0.05) is 25.0 Å². The third-order valence-corrected chi connectivity index (χ3v) is 9.21. The smallest absolute Gasteiger partial charge is 0.493 e. The van der Waals surface area contributed by atoms with Crippen molar-refractivity contribution in [3.05, 3.63) is 96.1 Å². The minimum atomic E-state index is -5.82. The van der Waals surface area contributed by atoms with E-state index in [0.717, 1.165) is 44.6 Å². The van der Waals surface area contributed by atoms with Crippen molar-refractivity contribution < 1.29 is 96.4 Å². The molecule has 0 radical (unpaired) electrons. The topological polar surface area (TPSA) is 186 Å². The number of methoxy groups -OCH3 is 2. The number of ether oxygens (including phenoxy) is 2. The highest BCUT2D eigenvalue weighted by atomic mass is 32.2. The molecule has 0 aromatic heterocycles. The normalized spacial score (nSPS) is 12.2. The average molecular weight is 888 g/mol. The molecule has 0 aliphatic rings. The molecule has 0 spiro atoms. The molecule has 14 nitrogen and oxygen atoms in total. The first-order valence-corrected chi connectivity index (χ1v) is 18.8. The van der Waals surface area contributed by atoms with Gasteiger partial charge in [-0.25, -0.2) is 4.79 Å². The summed E-state index contributed by atoms with van der Waals surface area (Å²) in [5.41, 5.74) is -16.4. The second-order valence-electron chi connectivity index (χ2n) is 10.5. The van der Waals surface area contributed by atoms with Gasteiger partial charge in [-0.2, -0.15) is 64.8 Å². The summed E-state index contributed by atoms with van der Waals surface area (Å²) in [5, 5.41) is 0.889. The quantitative estimate of drug-likeness (QED) is 0.0780. The van der Waals surface area contributed by atoms with E-state index < -0.39 is 64.3 Å². The molecule has 57 heavy (non-hydrogen) atoms. The number of fused-ring (bicyclic) bond motifs is 1. The Morgan fingerprint density at radius 2 is 1.00 bits per heavy atom. The van der Waals surface area contributed by atoms with E-state index in [4.69, 9.17) is 0 Å². The van der Waals surface area contributed by atoms with E-state index in [1.807, 2.05) is 0 Å². The lowest BCUT2D eigenvalue weighted by Crippen LogP contribution is -2.28. The Labute approximate surface area is 317 Å². The standard InChI is InChI=1S/C11H7F3O3S.C10H10F3NO4S.C10H9F3O6S/c12-11(13,14)18(15,16)17-10-7-3-5-8-4-1-2-6-9(8)10;1-14(2)9(15)7-3-5-8(6-4-7)18-19(16,17)10(11,12)13;1-17-8-5-6(9(14)18-2)3-4-7(8)19-20(15,16)10(11,12)13/h1-7H;3-6H,1-2H3;3-5H,1-2H3. The van der Waals surface area contributed by atoms with Gasteiger partial charge in [0.1, 0.15) is 5.75 Å². The predicted molar refractivity (Wildman–Crippen MR) is 180 cm³/mol. The number of benzene rings is 4. The van der Waals surface area contributed by atoms with Gasteiger partial charge in [-0.15, -0.1) is 0 Å². The Hall–Kier alpha value is -5.50. The molecule has 0 heterocycles. The van der Waals surface area contributed by atoms with Crippen LogP contribution in [0.2, 0.25) is 0 Å². The number of nitrogens with zero attached hydrogens (tertiary/aromatic N) is 1.